The first-order chi connectivity index (χ1) is 10.1. The van der Waals surface area contributed by atoms with Crippen molar-refractivity contribution >= 4 is 17.7 Å². The Balaban J connectivity index is 1.77. The minimum atomic E-state index is -0.796. The van der Waals surface area contributed by atoms with Gasteiger partial charge in [0, 0.05) is 24.0 Å². The van der Waals surface area contributed by atoms with Crippen LogP contribution < -0.4 is 0 Å². The van der Waals surface area contributed by atoms with Gasteiger partial charge in [-0.1, -0.05) is 23.9 Å². The van der Waals surface area contributed by atoms with E-state index in [1.54, 1.807) is 11.8 Å². The summed E-state index contributed by atoms with van der Waals surface area (Å²) in [6, 6.07) is 7.51. The van der Waals surface area contributed by atoms with E-state index in [-0.39, 0.29) is 23.4 Å². The molecule has 0 bridgehead atoms. The molecule has 21 heavy (non-hydrogen) atoms. The van der Waals surface area contributed by atoms with E-state index in [0.717, 1.165) is 10.5 Å². The first-order valence-electron chi connectivity index (χ1n) is 7.26. The number of fused-ring (bicyclic) bond motifs is 4. The highest BCUT2D eigenvalue weighted by molar-refractivity contribution is 8.00. The molecule has 0 aromatic heterocycles. The molecule has 112 valence electrons. The first kappa shape index (κ1) is 13.6. The average Bonchev–Trinajstić information content (AvgIpc) is 2.74. The Bertz CT molecular complexity index is 596. The zero-order valence-electron chi connectivity index (χ0n) is 11.7. The van der Waals surface area contributed by atoms with Crippen LogP contribution in [0.2, 0.25) is 0 Å². The Hall–Kier alpha value is -1.08. The number of aliphatic hydroxyl groups is 2. The predicted molar refractivity (Wildman–Crippen MR) is 79.1 cm³/mol. The molecule has 2 fully saturated rings. The number of hydrogen-bond acceptors (Lipinski definition) is 5. The third-order valence-electron chi connectivity index (χ3n) is 4.73. The molecule has 0 saturated carbocycles. The van der Waals surface area contributed by atoms with Crippen LogP contribution in [0.4, 0.5) is 0 Å². The number of nitrogens with zero attached hydrogens (tertiary/aromatic N) is 2. The summed E-state index contributed by atoms with van der Waals surface area (Å²) in [4.78, 5) is 17.8. The van der Waals surface area contributed by atoms with Crippen LogP contribution in [0.25, 0.3) is 0 Å². The lowest BCUT2D eigenvalue weighted by Gasteiger charge is -2.50. The number of aliphatic hydroxyl groups excluding tert-OH is 2. The third-order valence-corrected chi connectivity index (χ3v) is 6.08. The van der Waals surface area contributed by atoms with Crippen molar-refractivity contribution in [3.05, 3.63) is 29.8 Å². The topological polar surface area (TPSA) is 64.0 Å². The molecule has 0 radical (unpaired) electrons. The van der Waals surface area contributed by atoms with Crippen molar-refractivity contribution in [2.24, 2.45) is 0 Å². The zero-order valence-corrected chi connectivity index (χ0v) is 12.5. The van der Waals surface area contributed by atoms with Crippen LogP contribution in [-0.2, 0) is 0 Å². The average molecular weight is 306 g/mol. The van der Waals surface area contributed by atoms with E-state index in [0.29, 0.717) is 13.1 Å². The lowest BCUT2D eigenvalue weighted by atomic mass is 10.0. The van der Waals surface area contributed by atoms with Crippen molar-refractivity contribution in [3.63, 3.8) is 0 Å². The Labute approximate surface area is 127 Å². The standard InChI is InChI=1S/C15H18N2O3S/c1-8-6-16-7-10(18)13(19)12(16)15-17(8)14(20)9-4-2-3-5-11(9)21-15/h2-5,8,10,12-13,15,18-19H,6-7H2,1H3/t8-,10-,12-,13-,15-/m1/s1. The maximum absolute atomic E-state index is 12.8. The molecule has 1 amide bonds. The van der Waals surface area contributed by atoms with E-state index in [4.69, 9.17) is 0 Å². The molecule has 0 spiro atoms. The number of hydrogen-bond donors (Lipinski definition) is 2. The highest BCUT2D eigenvalue weighted by Crippen LogP contribution is 2.44. The number of benzene rings is 1. The molecule has 1 aromatic carbocycles. The van der Waals surface area contributed by atoms with Gasteiger partial charge in [0.05, 0.1) is 23.8 Å². The van der Waals surface area contributed by atoms with Gasteiger partial charge in [-0.2, -0.15) is 0 Å². The molecule has 0 unspecified atom stereocenters. The van der Waals surface area contributed by atoms with Crippen LogP contribution in [-0.4, -0.2) is 68.7 Å². The molecular weight excluding hydrogens is 288 g/mol. The summed E-state index contributed by atoms with van der Waals surface area (Å²) in [5.41, 5.74) is 0.743. The molecule has 3 aliphatic rings. The van der Waals surface area contributed by atoms with Crippen LogP contribution in [0.5, 0.6) is 0 Å². The number of thioether (sulfide) groups is 1. The van der Waals surface area contributed by atoms with Gasteiger partial charge in [0.2, 0.25) is 0 Å². The van der Waals surface area contributed by atoms with Gasteiger partial charge in [-0.25, -0.2) is 0 Å². The fourth-order valence-electron chi connectivity index (χ4n) is 3.76. The number of rotatable bonds is 0. The number of amides is 1. The van der Waals surface area contributed by atoms with Crippen molar-refractivity contribution in [3.8, 4) is 0 Å². The van der Waals surface area contributed by atoms with Crippen LogP contribution in [0.3, 0.4) is 0 Å². The maximum atomic E-state index is 12.8. The number of piperazine rings is 1. The van der Waals surface area contributed by atoms with E-state index in [9.17, 15) is 15.0 Å². The maximum Gasteiger partial charge on any atom is 0.256 e. The molecule has 5 nitrogen and oxygen atoms in total. The van der Waals surface area contributed by atoms with Crippen LogP contribution in [0, 0.1) is 0 Å². The molecule has 1 aromatic rings. The third kappa shape index (κ3) is 1.86. The zero-order chi connectivity index (χ0) is 14.7. The molecule has 5 atom stereocenters. The summed E-state index contributed by atoms with van der Waals surface area (Å²) < 4.78 is 0. The first-order valence-corrected chi connectivity index (χ1v) is 8.14. The Morgan fingerprint density at radius 2 is 2.00 bits per heavy atom. The van der Waals surface area contributed by atoms with E-state index in [1.165, 1.54) is 0 Å². The molecule has 3 aliphatic heterocycles. The largest absolute Gasteiger partial charge is 0.389 e. The highest BCUT2D eigenvalue weighted by atomic mass is 32.2. The molecule has 3 heterocycles. The summed E-state index contributed by atoms with van der Waals surface area (Å²) in [5, 5.41) is 20.1. The van der Waals surface area contributed by atoms with Gasteiger partial charge >= 0.3 is 0 Å². The van der Waals surface area contributed by atoms with E-state index < -0.39 is 12.2 Å². The lowest BCUT2D eigenvalue weighted by Crippen LogP contribution is -2.64. The molecule has 2 saturated heterocycles. The second kappa shape index (κ2) is 4.71. The molecular formula is C15H18N2O3S. The van der Waals surface area contributed by atoms with E-state index >= 15 is 0 Å². The highest BCUT2D eigenvalue weighted by Gasteiger charge is 2.53. The van der Waals surface area contributed by atoms with Gasteiger partial charge in [0.25, 0.3) is 5.91 Å². The van der Waals surface area contributed by atoms with Crippen LogP contribution in [0.15, 0.2) is 29.2 Å². The fraction of sp³-hybridized carbons (Fsp3) is 0.533. The summed E-state index contributed by atoms with van der Waals surface area (Å²) in [6.07, 6.45) is -1.52. The number of carbonyl (C=O) groups is 1. The van der Waals surface area contributed by atoms with Gasteiger partial charge in [-0.3, -0.25) is 9.69 Å². The Morgan fingerprint density at radius 1 is 1.24 bits per heavy atom. The predicted octanol–water partition coefficient (Wildman–Crippen LogP) is 0.369. The quantitative estimate of drug-likeness (QED) is 0.725. The van der Waals surface area contributed by atoms with E-state index in [1.807, 2.05) is 36.1 Å². The number of carbonyl (C=O) groups excluding carboxylic acids is 1. The normalized spacial score (nSPS) is 38.9. The van der Waals surface area contributed by atoms with Gasteiger partial charge in [0.15, 0.2) is 0 Å². The van der Waals surface area contributed by atoms with Crippen molar-refractivity contribution in [2.75, 3.05) is 13.1 Å². The van der Waals surface area contributed by atoms with Gasteiger partial charge in [0.1, 0.15) is 5.37 Å². The summed E-state index contributed by atoms with van der Waals surface area (Å²) in [5.74, 6) is 0.0371. The van der Waals surface area contributed by atoms with Crippen molar-refractivity contribution < 1.29 is 15.0 Å². The minimum Gasteiger partial charge on any atom is -0.389 e. The van der Waals surface area contributed by atoms with Gasteiger partial charge < -0.3 is 15.1 Å². The van der Waals surface area contributed by atoms with Crippen LogP contribution >= 0.6 is 11.8 Å². The molecule has 4 rings (SSSR count). The van der Waals surface area contributed by atoms with E-state index in [2.05, 4.69) is 4.90 Å². The summed E-state index contributed by atoms with van der Waals surface area (Å²) >= 11 is 1.62. The SMILES string of the molecule is C[C@@H]1CN2C[C@@H](O)[C@@H](O)[C@@H]2[C@H]2Sc3ccccc3C(=O)N12. The second-order valence-electron chi connectivity index (χ2n) is 6.07. The lowest BCUT2D eigenvalue weighted by molar-refractivity contribution is -0.00616. The summed E-state index contributed by atoms with van der Waals surface area (Å²) in [7, 11) is 0. The van der Waals surface area contributed by atoms with Gasteiger partial charge in [-0.15, -0.1) is 0 Å². The van der Waals surface area contributed by atoms with Crippen molar-refractivity contribution in [1.82, 2.24) is 9.80 Å². The smallest absolute Gasteiger partial charge is 0.256 e. The fourth-order valence-corrected chi connectivity index (χ4v) is 5.35. The minimum absolute atomic E-state index is 0.0371. The van der Waals surface area contributed by atoms with Gasteiger partial charge in [-0.05, 0) is 19.1 Å². The Morgan fingerprint density at radius 3 is 2.81 bits per heavy atom. The monoisotopic (exact) mass is 306 g/mol. The van der Waals surface area contributed by atoms with Crippen molar-refractivity contribution in [1.29, 1.82) is 0 Å². The van der Waals surface area contributed by atoms with Crippen molar-refractivity contribution in [2.45, 2.75) is 41.5 Å². The second-order valence-corrected chi connectivity index (χ2v) is 7.23. The van der Waals surface area contributed by atoms with Crippen LogP contribution in [0.1, 0.15) is 17.3 Å². The molecule has 2 N–H and O–H groups in total. The molecule has 0 aliphatic carbocycles. The Kier molecular flexibility index (Phi) is 3.04. The molecule has 6 heteroatoms. The summed E-state index contributed by atoms with van der Waals surface area (Å²) in [6.45, 7) is 3.22.